The van der Waals surface area contributed by atoms with E-state index in [1.165, 1.54) is 135 Å². The fourth-order valence-corrected chi connectivity index (χ4v) is 6.73. The molecule has 0 radical (unpaired) electrons. The maximum absolute atomic E-state index is 12.4. The van der Waals surface area contributed by atoms with Gasteiger partial charge in [0.25, 0.3) is 0 Å². The molecule has 0 saturated carbocycles. The Kier molecular flexibility index (Phi) is 44.9. The van der Waals surface area contributed by atoms with Gasteiger partial charge in [-0.15, -0.1) is 0 Å². The zero-order valence-electron chi connectivity index (χ0n) is 36.9. The van der Waals surface area contributed by atoms with E-state index in [9.17, 15) is 15.0 Å². The summed E-state index contributed by atoms with van der Waals surface area (Å²) < 4.78 is 0. The lowest BCUT2D eigenvalue weighted by Gasteiger charge is -2.19. The van der Waals surface area contributed by atoms with E-state index in [0.717, 1.165) is 64.2 Å². The number of unbranched alkanes of at least 4 members (excludes halogenated alkanes) is 23. The highest BCUT2D eigenvalue weighted by Crippen LogP contribution is 2.14. The number of rotatable bonds is 42. The van der Waals surface area contributed by atoms with Crippen molar-refractivity contribution in [3.05, 3.63) is 85.1 Å². The van der Waals surface area contributed by atoms with Crippen molar-refractivity contribution in [2.45, 2.75) is 231 Å². The Morgan fingerprint density at radius 2 is 0.804 bits per heavy atom. The largest absolute Gasteiger partial charge is 0.394 e. The molecule has 0 spiro atoms. The van der Waals surface area contributed by atoms with Crippen LogP contribution in [0.25, 0.3) is 0 Å². The van der Waals surface area contributed by atoms with Crippen molar-refractivity contribution in [3.63, 3.8) is 0 Å². The summed E-state index contributed by atoms with van der Waals surface area (Å²) >= 11 is 0. The van der Waals surface area contributed by atoms with Crippen molar-refractivity contribution in [3.8, 4) is 0 Å². The van der Waals surface area contributed by atoms with Gasteiger partial charge in [0.1, 0.15) is 0 Å². The molecule has 0 rings (SSSR count). The Labute approximate surface area is 348 Å². The number of allylic oxidation sites excluding steroid dienone is 13. The van der Waals surface area contributed by atoms with Gasteiger partial charge in [-0.05, 0) is 83.5 Å². The van der Waals surface area contributed by atoms with E-state index in [1.54, 1.807) is 6.08 Å². The normalized spacial score (nSPS) is 13.7. The van der Waals surface area contributed by atoms with Crippen LogP contribution in [0.15, 0.2) is 85.1 Å². The summed E-state index contributed by atoms with van der Waals surface area (Å²) in [6.45, 7) is 4.18. The van der Waals surface area contributed by atoms with E-state index in [0.29, 0.717) is 6.42 Å². The van der Waals surface area contributed by atoms with Crippen molar-refractivity contribution in [1.29, 1.82) is 0 Å². The van der Waals surface area contributed by atoms with Gasteiger partial charge in [-0.2, -0.15) is 0 Å². The predicted octanol–water partition coefficient (Wildman–Crippen LogP) is 15.2. The molecule has 0 heterocycles. The average molecular weight is 778 g/mol. The second-order valence-corrected chi connectivity index (χ2v) is 15.8. The van der Waals surface area contributed by atoms with Gasteiger partial charge in [0.05, 0.1) is 18.8 Å². The van der Waals surface area contributed by atoms with Crippen LogP contribution in [0.2, 0.25) is 0 Å². The monoisotopic (exact) mass is 778 g/mol. The van der Waals surface area contributed by atoms with Crippen LogP contribution in [0.4, 0.5) is 0 Å². The van der Waals surface area contributed by atoms with Gasteiger partial charge < -0.3 is 15.5 Å². The molecule has 0 aliphatic heterocycles. The maximum atomic E-state index is 12.4. The van der Waals surface area contributed by atoms with Crippen LogP contribution < -0.4 is 5.32 Å². The number of carbonyl (C=O) groups excluding carboxylic acids is 1. The molecule has 3 N–H and O–H groups in total. The second-order valence-electron chi connectivity index (χ2n) is 15.8. The molecule has 0 aromatic heterocycles. The Bertz CT molecular complexity index is 1020. The average Bonchev–Trinajstić information content (AvgIpc) is 3.20. The third-order valence-corrected chi connectivity index (χ3v) is 10.3. The van der Waals surface area contributed by atoms with E-state index in [1.807, 2.05) is 6.08 Å². The predicted molar refractivity (Wildman–Crippen MR) is 248 cm³/mol. The third-order valence-electron chi connectivity index (χ3n) is 10.3. The number of nitrogens with one attached hydrogen (secondary N) is 1. The Morgan fingerprint density at radius 1 is 0.446 bits per heavy atom. The molecule has 4 heteroatoms. The Morgan fingerprint density at radius 3 is 1.25 bits per heavy atom. The molecule has 2 unspecified atom stereocenters. The fraction of sp³-hybridized carbons (Fsp3) is 0.712. The molecule has 322 valence electrons. The second kappa shape index (κ2) is 46.9. The highest BCUT2D eigenvalue weighted by atomic mass is 16.3. The molecule has 0 bridgehead atoms. The summed E-state index contributed by atoms with van der Waals surface area (Å²) in [5.41, 5.74) is 0. The van der Waals surface area contributed by atoms with Crippen molar-refractivity contribution < 1.29 is 15.0 Å². The number of hydrogen-bond donors (Lipinski definition) is 3. The molecular formula is C52H91NO3. The van der Waals surface area contributed by atoms with Crippen molar-refractivity contribution in [2.75, 3.05) is 6.61 Å². The highest BCUT2D eigenvalue weighted by Gasteiger charge is 2.17. The van der Waals surface area contributed by atoms with Gasteiger partial charge >= 0.3 is 0 Å². The summed E-state index contributed by atoms with van der Waals surface area (Å²) in [6.07, 6.45) is 68.4. The third kappa shape index (κ3) is 42.7. The van der Waals surface area contributed by atoms with E-state index in [4.69, 9.17) is 0 Å². The maximum Gasteiger partial charge on any atom is 0.220 e. The summed E-state index contributed by atoms with van der Waals surface area (Å²) in [4.78, 5) is 12.4. The van der Waals surface area contributed by atoms with Gasteiger partial charge in [0.2, 0.25) is 5.91 Å². The molecule has 0 fully saturated rings. The van der Waals surface area contributed by atoms with Crippen LogP contribution in [-0.2, 0) is 4.79 Å². The molecule has 0 saturated heterocycles. The van der Waals surface area contributed by atoms with Crippen LogP contribution in [0, 0.1) is 0 Å². The number of aliphatic hydroxyl groups is 2. The van der Waals surface area contributed by atoms with Gasteiger partial charge in [-0.1, -0.05) is 214 Å². The lowest BCUT2D eigenvalue weighted by atomic mass is 10.0. The smallest absolute Gasteiger partial charge is 0.220 e. The highest BCUT2D eigenvalue weighted by molar-refractivity contribution is 5.76. The van der Waals surface area contributed by atoms with Crippen LogP contribution in [0.1, 0.15) is 219 Å². The van der Waals surface area contributed by atoms with E-state index >= 15 is 0 Å². The molecule has 0 aromatic carbocycles. The van der Waals surface area contributed by atoms with Crippen LogP contribution in [-0.4, -0.2) is 34.9 Å². The van der Waals surface area contributed by atoms with E-state index in [-0.39, 0.29) is 12.5 Å². The minimum atomic E-state index is -0.877. The number of amides is 1. The number of aliphatic hydroxyl groups excluding tert-OH is 2. The Balaban J connectivity index is 3.65. The lowest BCUT2D eigenvalue weighted by molar-refractivity contribution is -0.123. The minimum Gasteiger partial charge on any atom is -0.394 e. The quantitative estimate of drug-likeness (QED) is 0.0427. The van der Waals surface area contributed by atoms with Crippen LogP contribution >= 0.6 is 0 Å². The summed E-state index contributed by atoms with van der Waals surface area (Å²) in [5.74, 6) is -0.0856. The first-order valence-electron chi connectivity index (χ1n) is 23.8. The summed E-state index contributed by atoms with van der Waals surface area (Å²) in [7, 11) is 0. The first-order chi connectivity index (χ1) is 27.7. The SMILES string of the molecule is CC/C=C\C/C=C\C/C=C\C/C=C\CCCCCCCCCCCCC(=O)NC(CO)C(O)/C=C/CC/C=C/CC/C=C/CCCCCCCCCCCCC. The summed E-state index contributed by atoms with van der Waals surface area (Å²) in [5, 5.41) is 23.0. The van der Waals surface area contributed by atoms with Crippen molar-refractivity contribution in [1.82, 2.24) is 5.32 Å². The fourth-order valence-electron chi connectivity index (χ4n) is 6.73. The molecule has 4 nitrogen and oxygen atoms in total. The summed E-state index contributed by atoms with van der Waals surface area (Å²) in [6, 6.07) is -0.653. The molecule has 1 amide bonds. The Hall–Kier alpha value is -2.43. The zero-order chi connectivity index (χ0) is 40.7. The van der Waals surface area contributed by atoms with Gasteiger partial charge in [0, 0.05) is 6.42 Å². The molecule has 0 aliphatic rings. The van der Waals surface area contributed by atoms with Crippen molar-refractivity contribution >= 4 is 5.91 Å². The number of hydrogen-bond acceptors (Lipinski definition) is 3. The first kappa shape index (κ1) is 53.6. The lowest BCUT2D eigenvalue weighted by Crippen LogP contribution is -2.45. The zero-order valence-corrected chi connectivity index (χ0v) is 36.9. The van der Waals surface area contributed by atoms with Gasteiger partial charge in [-0.25, -0.2) is 0 Å². The van der Waals surface area contributed by atoms with Gasteiger partial charge in [0.15, 0.2) is 0 Å². The molecule has 56 heavy (non-hydrogen) atoms. The molecule has 2 atom stereocenters. The van der Waals surface area contributed by atoms with Crippen LogP contribution in [0.5, 0.6) is 0 Å². The molecule has 0 aromatic rings. The van der Waals surface area contributed by atoms with E-state index in [2.05, 4.69) is 92.1 Å². The topological polar surface area (TPSA) is 69.6 Å². The molecule has 0 aliphatic carbocycles. The first-order valence-corrected chi connectivity index (χ1v) is 23.8. The standard InChI is InChI=1S/C52H91NO3/c1-3-5-7-9-11-13-15-17-19-21-23-25-26-28-30-32-34-36-38-40-42-44-46-48-52(56)53-50(49-54)51(55)47-45-43-41-39-37-35-33-31-29-27-24-22-20-18-16-14-12-10-8-6-4-2/h5,7,11,13,17,19,23,25,29,31,37,39,45,47,50-51,54-55H,3-4,6,8-10,12,14-16,18,20-22,24,26-28,30,32-36,38,40-44,46,48-49H2,1-2H3,(H,53,56)/b7-5-,13-11-,19-17-,25-23-,31-29+,39-37+,47-45+. The van der Waals surface area contributed by atoms with Crippen molar-refractivity contribution in [2.24, 2.45) is 0 Å². The van der Waals surface area contributed by atoms with Gasteiger partial charge in [-0.3, -0.25) is 4.79 Å². The number of carbonyl (C=O) groups is 1. The van der Waals surface area contributed by atoms with Crippen LogP contribution in [0.3, 0.4) is 0 Å². The van der Waals surface area contributed by atoms with E-state index < -0.39 is 12.1 Å². The minimum absolute atomic E-state index is 0.0856. The molecular weight excluding hydrogens is 687 g/mol.